The van der Waals surface area contributed by atoms with Gasteiger partial charge >= 0.3 is 0 Å². The van der Waals surface area contributed by atoms with Gasteiger partial charge in [-0.05, 0) is 65.7 Å². The van der Waals surface area contributed by atoms with Crippen LogP contribution in [0.2, 0.25) is 0 Å². The molecule has 15 heavy (non-hydrogen) atoms. The number of halogens is 1. The van der Waals surface area contributed by atoms with E-state index in [1.807, 2.05) is 7.05 Å². The number of thiophene rings is 1. The van der Waals surface area contributed by atoms with Crippen molar-refractivity contribution in [3.05, 3.63) is 32.4 Å². The molecule has 1 nitrogen and oxygen atoms in total. The van der Waals surface area contributed by atoms with Crippen LogP contribution < -0.4 is 5.32 Å². The minimum absolute atomic E-state index is 0.424. The van der Waals surface area contributed by atoms with Crippen molar-refractivity contribution in [3.63, 3.8) is 0 Å². The van der Waals surface area contributed by atoms with E-state index in [2.05, 4.69) is 38.8 Å². The van der Waals surface area contributed by atoms with Crippen LogP contribution in [0.5, 0.6) is 0 Å². The summed E-state index contributed by atoms with van der Waals surface area (Å²) in [6, 6.07) is 2.65. The normalized spacial score (nSPS) is 18.7. The van der Waals surface area contributed by atoms with E-state index < -0.39 is 0 Å². The van der Waals surface area contributed by atoms with Crippen molar-refractivity contribution in [1.29, 1.82) is 0 Å². The molecule has 1 N–H and O–H groups in total. The molecule has 1 heterocycles. The highest BCUT2D eigenvalue weighted by molar-refractivity contribution is 9.11. The van der Waals surface area contributed by atoms with E-state index in [0.29, 0.717) is 6.04 Å². The quantitative estimate of drug-likeness (QED) is 0.818. The predicted octanol–water partition coefficient (Wildman–Crippen LogP) is 4.27. The van der Waals surface area contributed by atoms with Gasteiger partial charge in [0.05, 0.1) is 9.83 Å². The van der Waals surface area contributed by atoms with E-state index in [4.69, 9.17) is 0 Å². The van der Waals surface area contributed by atoms with E-state index in [9.17, 15) is 0 Å². The summed E-state index contributed by atoms with van der Waals surface area (Å²) in [7, 11) is 2.05. The van der Waals surface area contributed by atoms with Gasteiger partial charge in [0.2, 0.25) is 0 Å². The van der Waals surface area contributed by atoms with Crippen LogP contribution >= 0.6 is 27.3 Å². The Morgan fingerprint density at radius 1 is 1.47 bits per heavy atom. The molecule has 0 bridgehead atoms. The van der Waals surface area contributed by atoms with Crippen LogP contribution in [0.25, 0.3) is 0 Å². The Balaban J connectivity index is 2.19. The average Bonchev–Trinajstić information content (AvgIpc) is 2.68. The molecule has 1 aromatic rings. The maximum absolute atomic E-state index is 3.52. The Morgan fingerprint density at radius 3 is 2.87 bits per heavy atom. The second-order valence-electron chi connectivity index (χ2n) is 3.93. The maximum atomic E-state index is 3.52. The smallest absolute Gasteiger partial charge is 0.0701 e. The highest BCUT2D eigenvalue weighted by atomic mass is 79.9. The summed E-state index contributed by atoms with van der Waals surface area (Å²) in [5, 5.41) is 5.66. The molecule has 0 aliphatic heterocycles. The third-order valence-electron chi connectivity index (χ3n) is 2.91. The van der Waals surface area contributed by atoms with Crippen LogP contribution in [0.1, 0.15) is 37.3 Å². The lowest BCUT2D eigenvalue weighted by Crippen LogP contribution is -2.19. The van der Waals surface area contributed by atoms with E-state index in [-0.39, 0.29) is 0 Å². The Labute approximate surface area is 104 Å². The first-order valence-corrected chi connectivity index (χ1v) is 7.08. The second kappa shape index (κ2) is 5.28. The summed E-state index contributed by atoms with van der Waals surface area (Å²) in [4.78, 5) is 0. The van der Waals surface area contributed by atoms with Gasteiger partial charge in [-0.1, -0.05) is 11.6 Å². The average molecular weight is 286 g/mol. The number of likely N-dealkylation sites (N-methyl/N-ethyl adjacent to an activating group) is 1. The van der Waals surface area contributed by atoms with Gasteiger partial charge in [-0.3, -0.25) is 0 Å². The fourth-order valence-corrected chi connectivity index (χ4v) is 3.37. The molecular formula is C12H16BrNS. The van der Waals surface area contributed by atoms with Crippen LogP contribution in [0, 0.1) is 0 Å². The van der Waals surface area contributed by atoms with Gasteiger partial charge in [0.25, 0.3) is 0 Å². The summed E-state index contributed by atoms with van der Waals surface area (Å²) in [6.07, 6.45) is 7.61. The SMILES string of the molecule is CNC(C1=CCCCC1)c1csc(Br)c1. The zero-order valence-corrected chi connectivity index (χ0v) is 11.3. The number of rotatable bonds is 3. The molecule has 0 amide bonds. The lowest BCUT2D eigenvalue weighted by molar-refractivity contribution is 0.594. The van der Waals surface area contributed by atoms with Gasteiger partial charge in [0, 0.05) is 0 Å². The number of hydrogen-bond acceptors (Lipinski definition) is 2. The molecule has 1 atom stereocenters. The third kappa shape index (κ3) is 2.71. The summed E-state index contributed by atoms with van der Waals surface area (Å²) in [6.45, 7) is 0. The van der Waals surface area contributed by atoms with Crippen molar-refractivity contribution in [3.8, 4) is 0 Å². The number of hydrogen-bond donors (Lipinski definition) is 1. The third-order valence-corrected chi connectivity index (χ3v) is 4.43. The molecular weight excluding hydrogens is 270 g/mol. The maximum Gasteiger partial charge on any atom is 0.0701 e. The van der Waals surface area contributed by atoms with Crippen molar-refractivity contribution in [2.75, 3.05) is 7.05 Å². The fraction of sp³-hybridized carbons (Fsp3) is 0.500. The zero-order chi connectivity index (χ0) is 10.7. The zero-order valence-electron chi connectivity index (χ0n) is 8.92. The Morgan fingerprint density at radius 2 is 2.33 bits per heavy atom. The lowest BCUT2D eigenvalue weighted by Gasteiger charge is -2.22. The number of nitrogens with one attached hydrogen (secondary N) is 1. The largest absolute Gasteiger partial charge is 0.310 e. The fourth-order valence-electron chi connectivity index (χ4n) is 2.17. The number of allylic oxidation sites excluding steroid dienone is 1. The first-order valence-electron chi connectivity index (χ1n) is 5.41. The molecule has 0 saturated carbocycles. The van der Waals surface area contributed by atoms with Gasteiger partial charge in [0.15, 0.2) is 0 Å². The molecule has 3 heteroatoms. The minimum Gasteiger partial charge on any atom is -0.310 e. The van der Waals surface area contributed by atoms with E-state index in [1.165, 1.54) is 35.0 Å². The molecule has 1 aromatic heterocycles. The Bertz CT molecular complexity index is 356. The molecule has 82 valence electrons. The van der Waals surface area contributed by atoms with Gasteiger partial charge in [-0.15, -0.1) is 11.3 Å². The summed E-state index contributed by atoms with van der Waals surface area (Å²) >= 11 is 5.29. The van der Waals surface area contributed by atoms with E-state index in [0.717, 1.165) is 0 Å². The monoisotopic (exact) mass is 285 g/mol. The van der Waals surface area contributed by atoms with Crippen LogP contribution in [0.15, 0.2) is 26.9 Å². The van der Waals surface area contributed by atoms with Gasteiger partial charge in [-0.2, -0.15) is 0 Å². The van der Waals surface area contributed by atoms with Crippen LogP contribution in [0.3, 0.4) is 0 Å². The molecule has 1 aliphatic rings. The van der Waals surface area contributed by atoms with Crippen molar-refractivity contribution in [1.82, 2.24) is 5.32 Å². The van der Waals surface area contributed by atoms with Gasteiger partial charge in [0.1, 0.15) is 0 Å². The molecule has 0 spiro atoms. The van der Waals surface area contributed by atoms with Crippen molar-refractivity contribution >= 4 is 27.3 Å². The molecule has 0 radical (unpaired) electrons. The van der Waals surface area contributed by atoms with E-state index >= 15 is 0 Å². The standard InChI is InChI=1S/C12H16BrNS/c1-14-12(9-5-3-2-4-6-9)10-7-11(13)15-8-10/h5,7-8,12,14H,2-4,6H2,1H3. The molecule has 2 rings (SSSR count). The van der Waals surface area contributed by atoms with E-state index in [1.54, 1.807) is 16.9 Å². The molecule has 0 saturated heterocycles. The highest BCUT2D eigenvalue weighted by Crippen LogP contribution is 2.33. The molecule has 1 aliphatic carbocycles. The van der Waals surface area contributed by atoms with Crippen molar-refractivity contribution < 1.29 is 0 Å². The topological polar surface area (TPSA) is 12.0 Å². The summed E-state index contributed by atoms with van der Waals surface area (Å²) in [5.41, 5.74) is 2.96. The Kier molecular flexibility index (Phi) is 4.00. The van der Waals surface area contributed by atoms with Gasteiger partial charge < -0.3 is 5.32 Å². The van der Waals surface area contributed by atoms with Gasteiger partial charge in [-0.25, -0.2) is 0 Å². The Hall–Kier alpha value is -0.120. The van der Waals surface area contributed by atoms with Crippen molar-refractivity contribution in [2.24, 2.45) is 0 Å². The molecule has 0 aromatic carbocycles. The molecule has 0 fully saturated rings. The summed E-state index contributed by atoms with van der Waals surface area (Å²) < 4.78 is 1.22. The minimum atomic E-state index is 0.424. The van der Waals surface area contributed by atoms with Crippen LogP contribution in [0.4, 0.5) is 0 Å². The summed E-state index contributed by atoms with van der Waals surface area (Å²) in [5.74, 6) is 0. The highest BCUT2D eigenvalue weighted by Gasteiger charge is 2.17. The van der Waals surface area contributed by atoms with Crippen LogP contribution in [-0.2, 0) is 0 Å². The second-order valence-corrected chi connectivity index (χ2v) is 6.22. The molecule has 1 unspecified atom stereocenters. The first kappa shape index (κ1) is 11.4. The van der Waals surface area contributed by atoms with Crippen molar-refractivity contribution in [2.45, 2.75) is 31.7 Å². The van der Waals surface area contributed by atoms with Crippen LogP contribution in [-0.4, -0.2) is 7.05 Å². The lowest BCUT2D eigenvalue weighted by atomic mass is 9.91. The first-order chi connectivity index (χ1) is 7.31. The predicted molar refractivity (Wildman–Crippen MR) is 70.4 cm³/mol.